The maximum atomic E-state index is 13.5. The summed E-state index contributed by atoms with van der Waals surface area (Å²) in [6.07, 6.45) is -3.83. The van der Waals surface area contributed by atoms with E-state index in [9.17, 15) is 31.1 Å². The Morgan fingerprint density at radius 1 is 0.909 bits per heavy atom. The molecule has 0 radical (unpaired) electrons. The molecule has 1 aromatic carbocycles. The van der Waals surface area contributed by atoms with Crippen LogP contribution in [0.15, 0.2) is 41.5 Å². The van der Waals surface area contributed by atoms with Crippen LogP contribution in [-0.2, 0) is 22.6 Å². The molecule has 1 aromatic rings. The minimum absolute atomic E-state index is 0.00135. The van der Waals surface area contributed by atoms with Gasteiger partial charge in [0.15, 0.2) is 0 Å². The van der Waals surface area contributed by atoms with Gasteiger partial charge in [-0.2, -0.15) is 26.3 Å². The van der Waals surface area contributed by atoms with E-state index in [0.717, 1.165) is 24.0 Å². The van der Waals surface area contributed by atoms with Gasteiger partial charge in [0.25, 0.3) is 0 Å². The second kappa shape index (κ2) is 8.81. The predicted molar refractivity (Wildman–Crippen MR) is 113 cm³/mol. The minimum atomic E-state index is -4.97. The van der Waals surface area contributed by atoms with Crippen molar-refractivity contribution in [3.05, 3.63) is 58.2 Å². The van der Waals surface area contributed by atoms with E-state index in [0.29, 0.717) is 25.2 Å². The van der Waals surface area contributed by atoms with Crippen LogP contribution in [0.5, 0.6) is 0 Å². The van der Waals surface area contributed by atoms with Gasteiger partial charge in [-0.1, -0.05) is 17.7 Å². The normalized spacial score (nSPS) is 22.1. The molecule has 1 heterocycles. The lowest BCUT2D eigenvalue weighted by Gasteiger charge is -2.37. The number of hydrogen-bond donors (Lipinski definition) is 1. The van der Waals surface area contributed by atoms with E-state index >= 15 is 0 Å². The maximum Gasteiger partial charge on any atom is 0.416 e. The number of likely N-dealkylation sites (N-methyl/N-ethyl adjacent to an activating group) is 1. The quantitative estimate of drug-likeness (QED) is 0.567. The molecule has 1 saturated heterocycles. The number of hydrogen-bond acceptors (Lipinski definition) is 2. The maximum absolute atomic E-state index is 13.5. The summed E-state index contributed by atoms with van der Waals surface area (Å²) in [4.78, 5) is 15.0. The second-order valence-electron chi connectivity index (χ2n) is 9.29. The highest BCUT2D eigenvalue weighted by atomic mass is 19.4. The fourth-order valence-electron chi connectivity index (χ4n) is 4.68. The molecule has 182 valence electrons. The predicted octanol–water partition coefficient (Wildman–Crippen LogP) is 5.71. The van der Waals surface area contributed by atoms with Gasteiger partial charge in [-0.15, -0.1) is 0 Å². The number of carbonyl (C=O) groups excluding carboxylic acids is 1. The average Bonchev–Trinajstić information content (AvgIpc) is 3.21. The van der Waals surface area contributed by atoms with Crippen molar-refractivity contribution in [1.82, 2.24) is 10.2 Å². The van der Waals surface area contributed by atoms with Crippen LogP contribution in [0.2, 0.25) is 0 Å². The summed E-state index contributed by atoms with van der Waals surface area (Å²) in [7, 11) is 1.56. The Labute approximate surface area is 189 Å². The topological polar surface area (TPSA) is 32.3 Å². The van der Waals surface area contributed by atoms with Crippen molar-refractivity contribution in [3.63, 3.8) is 0 Å². The number of amides is 1. The van der Waals surface area contributed by atoms with E-state index in [4.69, 9.17) is 0 Å². The van der Waals surface area contributed by atoms with E-state index in [1.54, 1.807) is 7.05 Å². The third-order valence-electron chi connectivity index (χ3n) is 6.68. The SMILES string of the molecule is CC1=CCCC=C1[C@@H]1CNC[C@H]1N(C)C(=O)C(C)(C)c1cc(C(F)(F)F)cc(C(F)(F)F)c1. The van der Waals surface area contributed by atoms with Crippen LogP contribution in [0.4, 0.5) is 26.3 Å². The number of nitrogens with one attached hydrogen (secondary N) is 1. The molecule has 9 heteroatoms. The number of nitrogens with zero attached hydrogens (tertiary/aromatic N) is 1. The molecule has 3 nitrogen and oxygen atoms in total. The van der Waals surface area contributed by atoms with Crippen molar-refractivity contribution < 1.29 is 31.1 Å². The standard InChI is InChI=1S/C24H28F6N2O/c1-14-7-5-6-8-18(14)19-12-31-13-20(19)32(4)21(33)22(2,3)15-9-16(23(25,26)27)11-17(10-15)24(28,29)30/h7-11,19-20,31H,5-6,12-13H2,1-4H3/t19-,20+/m0/s1. The fraction of sp³-hybridized carbons (Fsp3) is 0.542. The molecule has 1 aliphatic carbocycles. The lowest BCUT2D eigenvalue weighted by molar-refractivity contribution is -0.144. The van der Waals surface area contributed by atoms with E-state index in [-0.39, 0.29) is 23.6 Å². The van der Waals surface area contributed by atoms with Crippen molar-refractivity contribution in [2.45, 2.75) is 57.4 Å². The van der Waals surface area contributed by atoms with Crippen LogP contribution in [0.25, 0.3) is 0 Å². The molecule has 0 aromatic heterocycles. The number of alkyl halides is 6. The molecule has 1 amide bonds. The molecule has 33 heavy (non-hydrogen) atoms. The fourth-order valence-corrected chi connectivity index (χ4v) is 4.68. The molecule has 1 fully saturated rings. The van der Waals surface area contributed by atoms with Gasteiger partial charge in [-0.3, -0.25) is 4.79 Å². The molecule has 1 N–H and O–H groups in total. The van der Waals surface area contributed by atoms with Crippen molar-refractivity contribution in [3.8, 4) is 0 Å². The van der Waals surface area contributed by atoms with Crippen LogP contribution < -0.4 is 5.32 Å². The summed E-state index contributed by atoms with van der Waals surface area (Å²) >= 11 is 0. The van der Waals surface area contributed by atoms with Crippen molar-refractivity contribution in [1.29, 1.82) is 0 Å². The first kappa shape index (κ1) is 25.3. The van der Waals surface area contributed by atoms with Gasteiger partial charge in [0, 0.05) is 26.1 Å². The lowest BCUT2D eigenvalue weighted by atomic mass is 9.80. The Kier molecular flexibility index (Phi) is 6.77. The van der Waals surface area contributed by atoms with E-state index in [1.165, 1.54) is 18.7 Å². The summed E-state index contributed by atoms with van der Waals surface area (Å²) in [6, 6.07) is 1.09. The molecular formula is C24H28F6N2O. The molecule has 0 bridgehead atoms. The van der Waals surface area contributed by atoms with Crippen LogP contribution in [-0.4, -0.2) is 37.0 Å². The molecule has 1 aliphatic heterocycles. The second-order valence-corrected chi connectivity index (χ2v) is 9.29. The first-order chi connectivity index (χ1) is 15.1. The summed E-state index contributed by atoms with van der Waals surface area (Å²) in [5, 5.41) is 3.27. The molecule has 2 atom stereocenters. The Bertz CT molecular complexity index is 942. The van der Waals surface area contributed by atoms with Gasteiger partial charge < -0.3 is 10.2 Å². The summed E-state index contributed by atoms with van der Waals surface area (Å²) in [5.41, 5.74) is -2.51. The number of rotatable bonds is 4. The highest BCUT2D eigenvalue weighted by Crippen LogP contribution is 2.40. The summed E-state index contributed by atoms with van der Waals surface area (Å²) < 4.78 is 80.0. The molecular weight excluding hydrogens is 446 g/mol. The highest BCUT2D eigenvalue weighted by molar-refractivity contribution is 5.87. The van der Waals surface area contributed by atoms with Crippen LogP contribution >= 0.6 is 0 Å². The van der Waals surface area contributed by atoms with E-state index in [1.807, 2.05) is 6.92 Å². The Morgan fingerprint density at radius 2 is 1.42 bits per heavy atom. The van der Waals surface area contributed by atoms with Crippen molar-refractivity contribution in [2.24, 2.45) is 5.92 Å². The van der Waals surface area contributed by atoms with Crippen LogP contribution in [0.1, 0.15) is 50.3 Å². The summed E-state index contributed by atoms with van der Waals surface area (Å²) in [6.45, 7) is 5.87. The molecule has 0 spiro atoms. The van der Waals surface area contributed by atoms with E-state index in [2.05, 4.69) is 17.5 Å². The lowest BCUT2D eigenvalue weighted by Crippen LogP contribution is -2.49. The molecule has 3 rings (SSSR count). The van der Waals surface area contributed by atoms with Gasteiger partial charge in [0.1, 0.15) is 0 Å². The van der Waals surface area contributed by atoms with Crippen molar-refractivity contribution in [2.75, 3.05) is 20.1 Å². The van der Waals surface area contributed by atoms with Gasteiger partial charge in [0.05, 0.1) is 22.6 Å². The number of carbonyl (C=O) groups is 1. The van der Waals surface area contributed by atoms with Gasteiger partial charge in [0.2, 0.25) is 5.91 Å². The molecule has 2 aliphatic rings. The zero-order chi connectivity index (χ0) is 24.8. The van der Waals surface area contributed by atoms with Gasteiger partial charge >= 0.3 is 12.4 Å². The first-order valence-corrected chi connectivity index (χ1v) is 10.8. The third-order valence-corrected chi connectivity index (χ3v) is 6.68. The van der Waals surface area contributed by atoms with Crippen molar-refractivity contribution >= 4 is 5.91 Å². The molecule has 0 unspecified atom stereocenters. The van der Waals surface area contributed by atoms with Crippen LogP contribution in [0.3, 0.4) is 0 Å². The minimum Gasteiger partial charge on any atom is -0.340 e. The Hall–Kier alpha value is -2.29. The highest BCUT2D eigenvalue weighted by Gasteiger charge is 2.43. The van der Waals surface area contributed by atoms with Gasteiger partial charge in [-0.05, 0) is 62.9 Å². The summed E-state index contributed by atoms with van der Waals surface area (Å²) in [5.74, 6) is -0.537. The largest absolute Gasteiger partial charge is 0.416 e. The number of halogens is 6. The average molecular weight is 474 g/mol. The Balaban J connectivity index is 1.96. The molecule has 0 saturated carbocycles. The smallest absolute Gasteiger partial charge is 0.340 e. The Morgan fingerprint density at radius 3 is 1.94 bits per heavy atom. The number of benzene rings is 1. The zero-order valence-corrected chi connectivity index (χ0v) is 19.0. The zero-order valence-electron chi connectivity index (χ0n) is 19.0. The monoisotopic (exact) mass is 474 g/mol. The number of allylic oxidation sites excluding steroid dienone is 3. The van der Waals surface area contributed by atoms with Gasteiger partial charge in [-0.25, -0.2) is 0 Å². The third kappa shape index (κ3) is 5.13. The van der Waals surface area contributed by atoms with Crippen LogP contribution in [0, 0.1) is 5.92 Å². The first-order valence-electron chi connectivity index (χ1n) is 10.8. The van der Waals surface area contributed by atoms with E-state index < -0.39 is 34.8 Å².